The van der Waals surface area contributed by atoms with Gasteiger partial charge in [0, 0.05) is 18.0 Å². The summed E-state index contributed by atoms with van der Waals surface area (Å²) >= 11 is 0. The zero-order valence-corrected chi connectivity index (χ0v) is 11.8. The van der Waals surface area contributed by atoms with Crippen molar-refractivity contribution in [3.05, 3.63) is 23.8 Å². The Labute approximate surface area is 117 Å². The summed E-state index contributed by atoms with van der Waals surface area (Å²) in [5, 5.41) is 11.3. The van der Waals surface area contributed by atoms with Gasteiger partial charge in [-0.1, -0.05) is 0 Å². The van der Waals surface area contributed by atoms with Crippen molar-refractivity contribution in [1.29, 1.82) is 0 Å². The van der Waals surface area contributed by atoms with Crippen LogP contribution >= 0.6 is 0 Å². The molecule has 1 unspecified atom stereocenters. The quantitative estimate of drug-likeness (QED) is 0.794. The summed E-state index contributed by atoms with van der Waals surface area (Å²) in [5.41, 5.74) is 0.435. The van der Waals surface area contributed by atoms with Crippen molar-refractivity contribution in [2.24, 2.45) is 0 Å². The first-order valence-corrected chi connectivity index (χ1v) is 6.22. The molecule has 2 N–H and O–H groups in total. The zero-order valence-electron chi connectivity index (χ0n) is 11.8. The molecule has 0 heterocycles. The fourth-order valence-electron chi connectivity index (χ4n) is 1.70. The molecule has 0 saturated carbocycles. The first-order valence-electron chi connectivity index (χ1n) is 6.22. The Morgan fingerprint density at radius 2 is 1.90 bits per heavy atom. The van der Waals surface area contributed by atoms with Crippen LogP contribution in [0.2, 0.25) is 0 Å². The molecule has 1 amide bonds. The number of benzene rings is 1. The lowest BCUT2D eigenvalue weighted by Gasteiger charge is -2.14. The van der Waals surface area contributed by atoms with Gasteiger partial charge in [-0.25, -0.2) is 0 Å². The number of amides is 1. The molecule has 1 atom stereocenters. The van der Waals surface area contributed by atoms with Crippen molar-refractivity contribution in [3.63, 3.8) is 0 Å². The number of aliphatic carboxylic acids is 1. The van der Waals surface area contributed by atoms with Gasteiger partial charge in [-0.15, -0.1) is 0 Å². The largest absolute Gasteiger partial charge is 0.493 e. The highest BCUT2D eigenvalue weighted by molar-refractivity contribution is 5.95. The van der Waals surface area contributed by atoms with Crippen LogP contribution in [-0.2, 0) is 4.79 Å². The standard InChI is InChI=1S/C14H19NO5/c1-9(4-7-13(16)17)15-14(18)10-5-6-11(19-2)12(8-10)20-3/h5-6,8-9H,4,7H2,1-3H3,(H,15,18)(H,16,17). The van der Waals surface area contributed by atoms with Crippen molar-refractivity contribution in [3.8, 4) is 11.5 Å². The molecule has 1 rings (SSSR count). The van der Waals surface area contributed by atoms with Crippen LogP contribution < -0.4 is 14.8 Å². The Balaban J connectivity index is 2.70. The lowest BCUT2D eigenvalue weighted by molar-refractivity contribution is -0.137. The number of carbonyl (C=O) groups is 2. The summed E-state index contributed by atoms with van der Waals surface area (Å²) in [6.07, 6.45) is 0.405. The zero-order chi connectivity index (χ0) is 15.1. The average Bonchev–Trinajstić information content (AvgIpc) is 2.44. The molecule has 1 aromatic rings. The van der Waals surface area contributed by atoms with Gasteiger partial charge in [-0.2, -0.15) is 0 Å². The van der Waals surface area contributed by atoms with Gasteiger partial charge in [-0.3, -0.25) is 9.59 Å². The monoisotopic (exact) mass is 281 g/mol. The van der Waals surface area contributed by atoms with Gasteiger partial charge < -0.3 is 19.9 Å². The van der Waals surface area contributed by atoms with E-state index in [2.05, 4.69) is 5.32 Å². The minimum Gasteiger partial charge on any atom is -0.493 e. The molecular formula is C14H19NO5. The molecule has 20 heavy (non-hydrogen) atoms. The highest BCUT2D eigenvalue weighted by Crippen LogP contribution is 2.27. The third kappa shape index (κ3) is 4.46. The maximum absolute atomic E-state index is 12.0. The Morgan fingerprint density at radius 1 is 1.25 bits per heavy atom. The topological polar surface area (TPSA) is 84.9 Å². The Morgan fingerprint density at radius 3 is 2.45 bits per heavy atom. The summed E-state index contributed by atoms with van der Waals surface area (Å²) in [6, 6.07) is 4.64. The van der Waals surface area contributed by atoms with Crippen molar-refractivity contribution in [2.45, 2.75) is 25.8 Å². The molecule has 6 heteroatoms. The summed E-state index contributed by atoms with van der Waals surface area (Å²) in [6.45, 7) is 1.77. The molecule has 0 aliphatic rings. The van der Waals surface area contributed by atoms with E-state index in [1.165, 1.54) is 14.2 Å². The van der Waals surface area contributed by atoms with Crippen LogP contribution in [0.3, 0.4) is 0 Å². The average molecular weight is 281 g/mol. The van der Waals surface area contributed by atoms with E-state index in [1.54, 1.807) is 25.1 Å². The minimum atomic E-state index is -0.878. The van der Waals surface area contributed by atoms with Crippen molar-refractivity contribution in [2.75, 3.05) is 14.2 Å². The number of hydrogen-bond acceptors (Lipinski definition) is 4. The summed E-state index contributed by atoms with van der Waals surface area (Å²) in [4.78, 5) is 22.5. The van der Waals surface area contributed by atoms with Crippen LogP contribution in [0, 0.1) is 0 Å². The smallest absolute Gasteiger partial charge is 0.303 e. The first-order chi connectivity index (χ1) is 9.47. The van der Waals surface area contributed by atoms with E-state index >= 15 is 0 Å². The number of ether oxygens (including phenoxy) is 2. The van der Waals surface area contributed by atoms with E-state index in [4.69, 9.17) is 14.6 Å². The first kappa shape index (κ1) is 15.8. The molecular weight excluding hydrogens is 262 g/mol. The van der Waals surface area contributed by atoms with Gasteiger partial charge in [0.1, 0.15) is 0 Å². The van der Waals surface area contributed by atoms with E-state index < -0.39 is 5.97 Å². The van der Waals surface area contributed by atoms with Crippen molar-refractivity contribution < 1.29 is 24.2 Å². The number of methoxy groups -OCH3 is 2. The highest BCUT2D eigenvalue weighted by Gasteiger charge is 2.13. The Hall–Kier alpha value is -2.24. The van der Waals surface area contributed by atoms with E-state index in [0.717, 1.165) is 0 Å². The van der Waals surface area contributed by atoms with E-state index in [1.807, 2.05) is 0 Å². The molecule has 0 radical (unpaired) electrons. The van der Waals surface area contributed by atoms with Gasteiger partial charge in [0.2, 0.25) is 0 Å². The second-order valence-electron chi connectivity index (χ2n) is 4.38. The molecule has 6 nitrogen and oxygen atoms in total. The molecule has 0 aliphatic carbocycles. The van der Waals surface area contributed by atoms with Crippen LogP contribution in [0.4, 0.5) is 0 Å². The fraction of sp³-hybridized carbons (Fsp3) is 0.429. The van der Waals surface area contributed by atoms with Crippen molar-refractivity contribution >= 4 is 11.9 Å². The van der Waals surface area contributed by atoms with Gasteiger partial charge >= 0.3 is 5.97 Å². The molecule has 0 fully saturated rings. The van der Waals surface area contributed by atoms with Gasteiger partial charge in [0.15, 0.2) is 11.5 Å². The Bertz CT molecular complexity index is 486. The number of carboxylic acid groups (broad SMARTS) is 1. The SMILES string of the molecule is COc1ccc(C(=O)NC(C)CCC(=O)O)cc1OC. The van der Waals surface area contributed by atoms with Gasteiger partial charge in [-0.05, 0) is 31.5 Å². The molecule has 0 aromatic heterocycles. The summed E-state index contributed by atoms with van der Waals surface area (Å²) < 4.78 is 10.2. The van der Waals surface area contributed by atoms with Gasteiger partial charge in [0.25, 0.3) is 5.91 Å². The lowest BCUT2D eigenvalue weighted by Crippen LogP contribution is -2.32. The number of rotatable bonds is 7. The Kier molecular flexibility index (Phi) is 5.83. The number of nitrogens with one attached hydrogen (secondary N) is 1. The molecule has 0 bridgehead atoms. The normalized spacial score (nSPS) is 11.6. The molecule has 0 saturated heterocycles. The van der Waals surface area contributed by atoms with E-state index in [-0.39, 0.29) is 18.4 Å². The van der Waals surface area contributed by atoms with Crippen LogP contribution in [0.15, 0.2) is 18.2 Å². The van der Waals surface area contributed by atoms with Crippen LogP contribution in [0.5, 0.6) is 11.5 Å². The third-order valence-corrected chi connectivity index (χ3v) is 2.81. The summed E-state index contributed by atoms with van der Waals surface area (Å²) in [5.74, 6) is -0.137. The maximum atomic E-state index is 12.0. The van der Waals surface area contributed by atoms with Crippen LogP contribution in [0.1, 0.15) is 30.1 Å². The maximum Gasteiger partial charge on any atom is 0.303 e. The van der Waals surface area contributed by atoms with E-state index in [0.29, 0.717) is 23.5 Å². The molecule has 0 aliphatic heterocycles. The van der Waals surface area contributed by atoms with Gasteiger partial charge in [0.05, 0.1) is 14.2 Å². The van der Waals surface area contributed by atoms with E-state index in [9.17, 15) is 9.59 Å². The summed E-state index contributed by atoms with van der Waals surface area (Å²) in [7, 11) is 3.01. The predicted molar refractivity (Wildman–Crippen MR) is 73.3 cm³/mol. The van der Waals surface area contributed by atoms with Crippen molar-refractivity contribution in [1.82, 2.24) is 5.32 Å². The minimum absolute atomic E-state index is 0.0212. The third-order valence-electron chi connectivity index (χ3n) is 2.81. The molecule has 110 valence electrons. The molecule has 0 spiro atoms. The highest BCUT2D eigenvalue weighted by atomic mass is 16.5. The second kappa shape index (κ2) is 7.37. The predicted octanol–water partition coefficient (Wildman–Crippen LogP) is 1.69. The van der Waals surface area contributed by atoms with Crippen LogP contribution in [0.25, 0.3) is 0 Å². The number of carbonyl (C=O) groups excluding carboxylic acids is 1. The lowest BCUT2D eigenvalue weighted by atomic mass is 10.1. The fourth-order valence-corrected chi connectivity index (χ4v) is 1.70. The number of carboxylic acids is 1. The van der Waals surface area contributed by atoms with Crippen LogP contribution in [-0.4, -0.2) is 37.2 Å². The molecule has 1 aromatic carbocycles. The number of hydrogen-bond donors (Lipinski definition) is 2. The second-order valence-corrected chi connectivity index (χ2v) is 4.38.